The van der Waals surface area contributed by atoms with Crippen molar-refractivity contribution in [2.45, 2.75) is 52.0 Å². The van der Waals surface area contributed by atoms with Gasteiger partial charge in [0.15, 0.2) is 5.96 Å². The summed E-state index contributed by atoms with van der Waals surface area (Å²) < 4.78 is 0. The zero-order chi connectivity index (χ0) is 17.5. The number of rotatable bonds is 6. The van der Waals surface area contributed by atoms with Crippen LogP contribution >= 0.6 is 24.0 Å². The first-order valence-electron chi connectivity index (χ1n) is 9.49. The molecule has 146 valence electrons. The molecule has 0 spiro atoms. The Hall–Kier alpha value is -0.570. The summed E-state index contributed by atoms with van der Waals surface area (Å²) >= 11 is 0. The summed E-state index contributed by atoms with van der Waals surface area (Å²) in [5.41, 5.74) is 5.37. The molecule has 6 nitrogen and oxygen atoms in total. The van der Waals surface area contributed by atoms with Crippen LogP contribution in [-0.4, -0.2) is 67.5 Å². The molecular weight excluding hydrogens is 429 g/mol. The minimum absolute atomic E-state index is 0. The normalized spacial score (nSPS) is 23.4. The predicted octanol–water partition coefficient (Wildman–Crippen LogP) is 1.89. The molecule has 7 heteroatoms. The Morgan fingerprint density at radius 1 is 1.24 bits per heavy atom. The van der Waals surface area contributed by atoms with Crippen LogP contribution in [-0.2, 0) is 4.79 Å². The molecule has 0 radical (unpaired) electrons. The number of aliphatic imine (C=N–C) groups is 1. The molecule has 2 unspecified atom stereocenters. The Morgan fingerprint density at radius 3 is 2.48 bits per heavy atom. The van der Waals surface area contributed by atoms with Gasteiger partial charge in [0.05, 0.1) is 0 Å². The highest BCUT2D eigenvalue weighted by Gasteiger charge is 2.27. The number of nitrogens with one attached hydrogen (secondary N) is 1. The topological polar surface area (TPSA) is 74.0 Å². The van der Waals surface area contributed by atoms with Gasteiger partial charge in [0.2, 0.25) is 5.91 Å². The van der Waals surface area contributed by atoms with E-state index in [2.05, 4.69) is 34.0 Å². The Bertz CT molecular complexity index is 437. The second-order valence-corrected chi connectivity index (χ2v) is 7.61. The lowest BCUT2D eigenvalue weighted by molar-refractivity contribution is -0.119. The van der Waals surface area contributed by atoms with Gasteiger partial charge in [-0.05, 0) is 50.6 Å². The molecule has 0 bridgehead atoms. The molecule has 0 aromatic rings. The van der Waals surface area contributed by atoms with Gasteiger partial charge in [0.1, 0.15) is 0 Å². The number of guanidine groups is 1. The van der Waals surface area contributed by atoms with Gasteiger partial charge in [-0.1, -0.05) is 13.8 Å². The molecule has 0 aromatic heterocycles. The standard InChI is InChI=1S/C18H35N5O.HI/c1-14(2)16(22-8-4-5-9-22)12-21-18(20-3)23-10-6-7-15(13-23)11-17(19)24;/h14-16H,4-13H2,1-3H3,(H2,19,24)(H,20,21);1H. The van der Waals surface area contributed by atoms with Gasteiger partial charge in [0, 0.05) is 39.1 Å². The van der Waals surface area contributed by atoms with Gasteiger partial charge in [0.25, 0.3) is 0 Å². The van der Waals surface area contributed by atoms with Gasteiger partial charge < -0.3 is 16.0 Å². The molecule has 2 rings (SSSR count). The Labute approximate surface area is 170 Å². The molecule has 2 fully saturated rings. The summed E-state index contributed by atoms with van der Waals surface area (Å²) in [5, 5.41) is 3.59. The smallest absolute Gasteiger partial charge is 0.217 e. The highest BCUT2D eigenvalue weighted by atomic mass is 127. The number of halogens is 1. The second kappa shape index (κ2) is 11.2. The Kier molecular flexibility index (Phi) is 10.1. The van der Waals surface area contributed by atoms with E-state index in [0.717, 1.165) is 38.4 Å². The first-order chi connectivity index (χ1) is 11.5. The summed E-state index contributed by atoms with van der Waals surface area (Å²) in [6.07, 6.45) is 5.30. The highest BCUT2D eigenvalue weighted by molar-refractivity contribution is 14.0. The predicted molar refractivity (Wildman–Crippen MR) is 114 cm³/mol. The van der Waals surface area contributed by atoms with Crippen molar-refractivity contribution in [3.63, 3.8) is 0 Å². The zero-order valence-electron chi connectivity index (χ0n) is 16.0. The van der Waals surface area contributed by atoms with Gasteiger partial charge >= 0.3 is 0 Å². The molecule has 2 aliphatic rings. The van der Waals surface area contributed by atoms with Crippen molar-refractivity contribution >= 4 is 35.8 Å². The van der Waals surface area contributed by atoms with Crippen molar-refractivity contribution in [2.75, 3.05) is 39.8 Å². The molecular formula is C18H36IN5O. The molecule has 2 atom stereocenters. The number of primary amides is 1. The van der Waals surface area contributed by atoms with Gasteiger partial charge in [-0.15, -0.1) is 24.0 Å². The Morgan fingerprint density at radius 2 is 1.92 bits per heavy atom. The summed E-state index contributed by atoms with van der Waals surface area (Å²) in [4.78, 5) is 20.6. The minimum atomic E-state index is -0.196. The number of hydrogen-bond donors (Lipinski definition) is 2. The van der Waals surface area contributed by atoms with Crippen LogP contribution in [0.25, 0.3) is 0 Å². The van der Waals surface area contributed by atoms with E-state index in [0.29, 0.717) is 24.3 Å². The van der Waals surface area contributed by atoms with Crippen molar-refractivity contribution < 1.29 is 4.79 Å². The van der Waals surface area contributed by atoms with E-state index < -0.39 is 0 Å². The molecule has 3 N–H and O–H groups in total. The zero-order valence-corrected chi connectivity index (χ0v) is 18.4. The fourth-order valence-electron chi connectivity index (χ4n) is 4.10. The SMILES string of the molecule is CN=C(NCC(C(C)C)N1CCCC1)N1CCCC(CC(N)=O)C1.I. The van der Waals surface area contributed by atoms with Crippen LogP contribution in [0.1, 0.15) is 46.0 Å². The van der Waals surface area contributed by atoms with Gasteiger partial charge in [-0.2, -0.15) is 0 Å². The summed E-state index contributed by atoms with van der Waals surface area (Å²) in [6.45, 7) is 9.85. The number of likely N-dealkylation sites (tertiary alicyclic amines) is 2. The number of piperidine rings is 1. The maximum Gasteiger partial charge on any atom is 0.217 e. The molecule has 2 saturated heterocycles. The van der Waals surface area contributed by atoms with Crippen LogP contribution in [0.4, 0.5) is 0 Å². The minimum Gasteiger partial charge on any atom is -0.370 e. The van der Waals surface area contributed by atoms with Crippen LogP contribution in [0, 0.1) is 11.8 Å². The van der Waals surface area contributed by atoms with Gasteiger partial charge in [-0.25, -0.2) is 0 Å². The molecule has 2 heterocycles. The average Bonchev–Trinajstić information content (AvgIpc) is 3.05. The maximum atomic E-state index is 11.2. The quantitative estimate of drug-likeness (QED) is 0.357. The maximum absolute atomic E-state index is 11.2. The fraction of sp³-hybridized carbons (Fsp3) is 0.889. The average molecular weight is 465 g/mol. The molecule has 25 heavy (non-hydrogen) atoms. The number of hydrogen-bond acceptors (Lipinski definition) is 3. The first-order valence-corrected chi connectivity index (χ1v) is 9.49. The summed E-state index contributed by atoms with van der Waals surface area (Å²) in [7, 11) is 1.85. The van der Waals surface area contributed by atoms with E-state index >= 15 is 0 Å². The van der Waals surface area contributed by atoms with E-state index in [1.165, 1.54) is 25.9 Å². The summed E-state index contributed by atoms with van der Waals surface area (Å²) in [6, 6.07) is 0.551. The lowest BCUT2D eigenvalue weighted by atomic mass is 9.95. The van der Waals surface area contributed by atoms with E-state index in [9.17, 15) is 4.79 Å². The number of carbonyl (C=O) groups excluding carboxylic acids is 1. The van der Waals surface area contributed by atoms with Crippen molar-refractivity contribution in [2.24, 2.45) is 22.6 Å². The van der Waals surface area contributed by atoms with Crippen molar-refractivity contribution in [3.8, 4) is 0 Å². The monoisotopic (exact) mass is 465 g/mol. The van der Waals surface area contributed by atoms with Crippen LogP contribution in [0.3, 0.4) is 0 Å². The molecule has 0 aliphatic carbocycles. The fourth-order valence-corrected chi connectivity index (χ4v) is 4.10. The highest BCUT2D eigenvalue weighted by Crippen LogP contribution is 2.20. The lowest BCUT2D eigenvalue weighted by Gasteiger charge is -2.36. The van der Waals surface area contributed by atoms with Crippen LogP contribution in [0.2, 0.25) is 0 Å². The van der Waals surface area contributed by atoms with E-state index in [1.54, 1.807) is 0 Å². The first kappa shape index (κ1) is 22.5. The van der Waals surface area contributed by atoms with Gasteiger partial charge in [-0.3, -0.25) is 14.7 Å². The number of nitrogens with zero attached hydrogens (tertiary/aromatic N) is 3. The third-order valence-electron chi connectivity index (χ3n) is 5.37. The van der Waals surface area contributed by atoms with Crippen molar-refractivity contribution in [1.82, 2.24) is 15.1 Å². The van der Waals surface area contributed by atoms with E-state index in [4.69, 9.17) is 5.73 Å². The molecule has 1 amide bonds. The largest absolute Gasteiger partial charge is 0.370 e. The van der Waals surface area contributed by atoms with Crippen LogP contribution in [0.15, 0.2) is 4.99 Å². The number of carbonyl (C=O) groups is 1. The molecule has 2 aliphatic heterocycles. The van der Waals surface area contributed by atoms with E-state index in [1.807, 2.05) is 7.05 Å². The lowest BCUT2D eigenvalue weighted by Crippen LogP contribution is -2.52. The summed E-state index contributed by atoms with van der Waals surface area (Å²) in [5.74, 6) is 1.75. The third-order valence-corrected chi connectivity index (χ3v) is 5.37. The molecule has 0 saturated carbocycles. The molecule has 0 aromatic carbocycles. The van der Waals surface area contributed by atoms with Crippen molar-refractivity contribution in [3.05, 3.63) is 0 Å². The Balaban J connectivity index is 0.00000312. The second-order valence-electron chi connectivity index (χ2n) is 7.61. The van der Waals surface area contributed by atoms with Crippen LogP contribution < -0.4 is 11.1 Å². The number of nitrogens with two attached hydrogens (primary N) is 1. The van der Waals surface area contributed by atoms with Crippen LogP contribution in [0.5, 0.6) is 0 Å². The van der Waals surface area contributed by atoms with Crippen molar-refractivity contribution in [1.29, 1.82) is 0 Å². The van der Waals surface area contributed by atoms with E-state index in [-0.39, 0.29) is 29.9 Å². The third kappa shape index (κ3) is 6.92. The number of amides is 1.